The number of unbranched alkanes of at least 4 members (excludes halogenated alkanes) is 7. The Morgan fingerprint density at radius 3 is 1.68 bits per heavy atom. The Bertz CT molecular complexity index is 1900. The van der Waals surface area contributed by atoms with Crippen molar-refractivity contribution >= 4 is 27.6 Å². The second-order valence-corrected chi connectivity index (χ2v) is 19.8. The number of carbonyl (C=O) groups is 2. The van der Waals surface area contributed by atoms with Crippen molar-refractivity contribution in [2.45, 2.75) is 184 Å². The first-order chi connectivity index (χ1) is 34.9. The summed E-state index contributed by atoms with van der Waals surface area (Å²) < 4.78 is 49.3. The Balaban J connectivity index is 2.70. The number of esters is 2. The predicted octanol–water partition coefficient (Wildman–Crippen LogP) is 8.22. The van der Waals surface area contributed by atoms with Crippen LogP contribution in [0.3, 0.4) is 0 Å². The van der Waals surface area contributed by atoms with Crippen molar-refractivity contribution in [3.05, 3.63) is 122 Å². The zero-order valence-corrected chi connectivity index (χ0v) is 44.3. The first-order valence-electron chi connectivity index (χ1n) is 25.3. The lowest BCUT2D eigenvalue weighted by Gasteiger charge is -2.43. The van der Waals surface area contributed by atoms with E-state index >= 15 is 0 Å². The van der Waals surface area contributed by atoms with Crippen molar-refractivity contribution in [3.8, 4) is 0 Å². The van der Waals surface area contributed by atoms with Gasteiger partial charge in [0.1, 0.15) is 43.2 Å². The van der Waals surface area contributed by atoms with Gasteiger partial charge in [-0.25, -0.2) is 9.13 Å². The Morgan fingerprint density at radius 2 is 1.08 bits per heavy atom. The molecule has 10 atom stereocenters. The standard InChI is InChI=1S/C53H84O18P2/c1-3-5-7-8-9-10-11-12-13-14-15-16-17-18-19-20-24-27-33-39-46(56)67-41-45(42-68-73(65,66)71-53-50(60)48(58)49(59)52(51(53)61)70-72(62,63)64)69-47(57)40-34-28-32-38-44(55)37-31-26-23-21-22-25-30-36-43(54)35-29-6-4-2/h6,9-10,12-13,15-16,18-19,22-23,25-26,29-32,36-38,43-45,48-55,58-61H,3-5,7-8,11,14,17,20-21,24,27-28,33-35,39-42H2,1-2H3,(H,65,66)(H2,62,63,64)/b10-9-,13-12-,16-15-,19-18-,25-22-,26-23-,29-6-,36-30+,37-31+,38-32-/t43-,44-,45+,48?,49?,50?,51?,52+,53-/m0/s1. The molecule has 20 heteroatoms. The molecule has 0 aromatic heterocycles. The summed E-state index contributed by atoms with van der Waals surface area (Å²) in [5, 5.41) is 61.4. The number of aliphatic hydroxyl groups excluding tert-OH is 6. The van der Waals surface area contributed by atoms with Crippen LogP contribution in [-0.2, 0) is 41.8 Å². The number of allylic oxidation sites excluding steroid dienone is 16. The van der Waals surface area contributed by atoms with E-state index in [1.54, 1.807) is 36.5 Å². The van der Waals surface area contributed by atoms with Gasteiger partial charge >= 0.3 is 27.6 Å². The number of hydrogen-bond donors (Lipinski definition) is 9. The quantitative estimate of drug-likeness (QED) is 0.00918. The van der Waals surface area contributed by atoms with E-state index in [4.69, 9.17) is 18.5 Å². The highest BCUT2D eigenvalue weighted by molar-refractivity contribution is 7.47. The monoisotopic (exact) mass is 1070 g/mol. The maximum atomic E-state index is 13.0. The lowest BCUT2D eigenvalue weighted by Crippen LogP contribution is -2.64. The largest absolute Gasteiger partial charge is 0.472 e. The van der Waals surface area contributed by atoms with Crippen molar-refractivity contribution in [1.29, 1.82) is 0 Å². The van der Waals surface area contributed by atoms with Crippen molar-refractivity contribution in [2.75, 3.05) is 13.2 Å². The van der Waals surface area contributed by atoms with Gasteiger partial charge in [0.05, 0.1) is 18.8 Å². The molecule has 0 amide bonds. The number of ether oxygens (including phenoxy) is 2. The summed E-state index contributed by atoms with van der Waals surface area (Å²) in [5.41, 5.74) is 0. The molecular weight excluding hydrogens is 987 g/mol. The summed E-state index contributed by atoms with van der Waals surface area (Å²) in [6.07, 6.45) is 34.9. The second-order valence-electron chi connectivity index (χ2n) is 17.2. The van der Waals surface area contributed by atoms with Crippen LogP contribution in [0.2, 0.25) is 0 Å². The molecule has 1 aliphatic carbocycles. The summed E-state index contributed by atoms with van der Waals surface area (Å²) in [5.74, 6) is -1.44. The summed E-state index contributed by atoms with van der Waals surface area (Å²) >= 11 is 0. The molecule has 414 valence electrons. The van der Waals surface area contributed by atoms with Crippen LogP contribution in [0.1, 0.15) is 129 Å². The minimum Gasteiger partial charge on any atom is -0.462 e. The smallest absolute Gasteiger partial charge is 0.462 e. The van der Waals surface area contributed by atoms with E-state index in [0.29, 0.717) is 25.7 Å². The van der Waals surface area contributed by atoms with E-state index in [0.717, 1.165) is 51.4 Å². The van der Waals surface area contributed by atoms with Crippen molar-refractivity contribution in [3.63, 3.8) is 0 Å². The highest BCUT2D eigenvalue weighted by atomic mass is 31.2. The normalized spacial score (nSPS) is 22.5. The maximum Gasteiger partial charge on any atom is 0.472 e. The maximum absolute atomic E-state index is 13.0. The molecule has 0 aromatic rings. The molecule has 18 nitrogen and oxygen atoms in total. The van der Waals surface area contributed by atoms with Crippen LogP contribution in [0, 0.1) is 0 Å². The highest BCUT2D eigenvalue weighted by Crippen LogP contribution is 2.49. The number of rotatable bonds is 40. The van der Waals surface area contributed by atoms with Gasteiger partial charge in [-0.05, 0) is 83.5 Å². The molecule has 0 spiro atoms. The summed E-state index contributed by atoms with van der Waals surface area (Å²) in [6.45, 7) is 2.70. The number of carbonyl (C=O) groups excluding carboxylic acids is 2. The average molecular weight is 1070 g/mol. The van der Waals surface area contributed by atoms with Gasteiger partial charge in [0.15, 0.2) is 6.10 Å². The van der Waals surface area contributed by atoms with Gasteiger partial charge in [-0.3, -0.25) is 23.2 Å². The van der Waals surface area contributed by atoms with E-state index in [1.165, 1.54) is 25.3 Å². The fraction of sp³-hybridized carbons (Fsp3) is 0.585. The Morgan fingerprint density at radius 1 is 0.534 bits per heavy atom. The Kier molecular flexibility index (Phi) is 38.3. The SMILES string of the molecule is CC/C=C\C[C@H](O)/C=C/C=C\C/C=C\C=C\[C@H](O)/C=C\CCCC(=O)O[C@H](COC(=O)CCCCC/C=C\C/C=C\C/C=C\C/C=C\CCCCC)COP(=O)(O)O[C@H]1C(O)C(O)C(O)[C@@H](OP(=O)(O)O)C1O. The molecule has 0 heterocycles. The van der Waals surface area contributed by atoms with Crippen LogP contribution in [0.15, 0.2) is 122 Å². The van der Waals surface area contributed by atoms with Crippen molar-refractivity contribution < 1.29 is 87.1 Å². The van der Waals surface area contributed by atoms with Crippen LogP contribution in [0.5, 0.6) is 0 Å². The molecular formula is C53H84O18P2. The van der Waals surface area contributed by atoms with E-state index in [2.05, 4.69) is 60.1 Å². The van der Waals surface area contributed by atoms with Crippen molar-refractivity contribution in [1.82, 2.24) is 0 Å². The third-order valence-corrected chi connectivity index (χ3v) is 12.2. The molecule has 1 saturated carbocycles. The zero-order chi connectivity index (χ0) is 54.2. The van der Waals surface area contributed by atoms with E-state index in [1.807, 2.05) is 37.3 Å². The van der Waals surface area contributed by atoms with Gasteiger partial charge < -0.3 is 54.8 Å². The van der Waals surface area contributed by atoms with Gasteiger partial charge in [-0.15, -0.1) is 0 Å². The molecule has 0 radical (unpaired) electrons. The van der Waals surface area contributed by atoms with E-state index < -0.39 is 95.7 Å². The minimum absolute atomic E-state index is 0.0320. The van der Waals surface area contributed by atoms with Crippen LogP contribution >= 0.6 is 15.6 Å². The molecule has 0 aliphatic heterocycles. The molecule has 73 heavy (non-hydrogen) atoms. The van der Waals surface area contributed by atoms with Gasteiger partial charge in [0.2, 0.25) is 0 Å². The van der Waals surface area contributed by atoms with Gasteiger partial charge in [0, 0.05) is 12.8 Å². The lowest BCUT2D eigenvalue weighted by molar-refractivity contribution is -0.216. The van der Waals surface area contributed by atoms with E-state index in [9.17, 15) is 64.0 Å². The average Bonchev–Trinajstić information content (AvgIpc) is 3.34. The molecule has 5 unspecified atom stereocenters. The van der Waals surface area contributed by atoms with Crippen LogP contribution in [0.4, 0.5) is 0 Å². The number of phosphoric acid groups is 2. The summed E-state index contributed by atoms with van der Waals surface area (Å²) in [6, 6.07) is 0. The van der Waals surface area contributed by atoms with Gasteiger partial charge in [-0.1, -0.05) is 155 Å². The fourth-order valence-electron chi connectivity index (χ4n) is 6.75. The summed E-state index contributed by atoms with van der Waals surface area (Å²) in [7, 11) is -10.8. The topological polar surface area (TPSA) is 296 Å². The van der Waals surface area contributed by atoms with Crippen LogP contribution < -0.4 is 0 Å². The molecule has 0 saturated heterocycles. The second kappa shape index (κ2) is 41.6. The molecule has 0 bridgehead atoms. The highest BCUT2D eigenvalue weighted by Gasteiger charge is 2.54. The molecule has 1 fully saturated rings. The summed E-state index contributed by atoms with van der Waals surface area (Å²) in [4.78, 5) is 54.4. The zero-order valence-electron chi connectivity index (χ0n) is 42.5. The number of phosphoric ester groups is 2. The lowest BCUT2D eigenvalue weighted by atomic mass is 9.85. The third-order valence-electron chi connectivity index (χ3n) is 10.7. The van der Waals surface area contributed by atoms with Crippen molar-refractivity contribution in [2.24, 2.45) is 0 Å². The molecule has 0 aromatic carbocycles. The third kappa shape index (κ3) is 36.0. The van der Waals surface area contributed by atoms with Gasteiger partial charge in [-0.2, -0.15) is 0 Å². The molecule has 1 rings (SSSR count). The van der Waals surface area contributed by atoms with E-state index in [-0.39, 0.29) is 19.3 Å². The van der Waals surface area contributed by atoms with Gasteiger partial charge in [0.25, 0.3) is 0 Å². The van der Waals surface area contributed by atoms with Crippen LogP contribution in [0.25, 0.3) is 0 Å². The minimum atomic E-state index is -5.40. The first-order valence-corrected chi connectivity index (χ1v) is 28.3. The van der Waals surface area contributed by atoms with Crippen LogP contribution in [-0.4, -0.2) is 125 Å². The Labute approximate surface area is 432 Å². The first kappa shape index (κ1) is 67.3. The molecule has 9 N–H and O–H groups in total. The predicted molar refractivity (Wildman–Crippen MR) is 280 cm³/mol. The number of hydrogen-bond acceptors (Lipinski definition) is 15. The number of aliphatic hydroxyl groups is 6. The Hall–Kier alpha value is -3.68. The fourth-order valence-corrected chi connectivity index (χ4v) is 8.29. The molecule has 1 aliphatic rings.